The van der Waals surface area contributed by atoms with Gasteiger partial charge in [-0.25, -0.2) is 4.98 Å². The van der Waals surface area contributed by atoms with E-state index in [0.29, 0.717) is 32.4 Å². The average molecular weight is 310 g/mol. The summed E-state index contributed by atoms with van der Waals surface area (Å²) < 4.78 is 0. The van der Waals surface area contributed by atoms with Crippen LogP contribution in [0.1, 0.15) is 44.3 Å². The zero-order chi connectivity index (χ0) is 15.6. The minimum absolute atomic E-state index is 0.00575. The van der Waals surface area contributed by atoms with Crippen LogP contribution in [0.5, 0.6) is 0 Å². The lowest BCUT2D eigenvalue weighted by atomic mass is 9.97. The fourth-order valence-corrected chi connectivity index (χ4v) is 3.28. The van der Waals surface area contributed by atoms with Crippen LogP contribution in [-0.2, 0) is 21.4 Å². The number of rotatable bonds is 3. The van der Waals surface area contributed by atoms with Gasteiger partial charge in [-0.15, -0.1) is 11.3 Å². The number of hydrogen-bond donors (Lipinski definition) is 1. The van der Waals surface area contributed by atoms with Gasteiger partial charge in [-0.05, 0) is 12.8 Å². The highest BCUT2D eigenvalue weighted by atomic mass is 32.1. The summed E-state index contributed by atoms with van der Waals surface area (Å²) in [6.45, 7) is 7.38. The van der Waals surface area contributed by atoms with Gasteiger partial charge in [0.15, 0.2) is 0 Å². The molecule has 6 heteroatoms. The van der Waals surface area contributed by atoms with E-state index in [4.69, 9.17) is 5.11 Å². The first-order valence-electron chi connectivity index (χ1n) is 7.23. The summed E-state index contributed by atoms with van der Waals surface area (Å²) >= 11 is 1.59. The predicted molar refractivity (Wildman–Crippen MR) is 81.5 cm³/mol. The molecule has 5 nitrogen and oxygen atoms in total. The monoisotopic (exact) mass is 310 g/mol. The first kappa shape index (κ1) is 15.9. The van der Waals surface area contributed by atoms with E-state index in [2.05, 4.69) is 25.8 Å². The Morgan fingerprint density at radius 1 is 1.38 bits per heavy atom. The molecule has 1 saturated heterocycles. The highest BCUT2D eigenvalue weighted by Crippen LogP contribution is 2.26. The summed E-state index contributed by atoms with van der Waals surface area (Å²) in [5.41, 5.74) is 0.821. The van der Waals surface area contributed by atoms with E-state index >= 15 is 0 Å². The van der Waals surface area contributed by atoms with Crippen LogP contribution >= 0.6 is 11.3 Å². The van der Waals surface area contributed by atoms with Crippen molar-refractivity contribution in [3.05, 3.63) is 16.1 Å². The molecule has 1 aliphatic rings. The number of hydrogen-bond acceptors (Lipinski definition) is 4. The van der Waals surface area contributed by atoms with Crippen molar-refractivity contribution in [1.82, 2.24) is 9.88 Å². The summed E-state index contributed by atoms with van der Waals surface area (Å²) in [4.78, 5) is 29.4. The molecular weight excluding hydrogens is 288 g/mol. The molecule has 1 aromatic rings. The first-order valence-corrected chi connectivity index (χ1v) is 8.11. The Kier molecular flexibility index (Phi) is 4.66. The molecule has 2 heterocycles. The van der Waals surface area contributed by atoms with Crippen LogP contribution in [0.3, 0.4) is 0 Å². The number of piperidine rings is 1. The molecular formula is C15H22N2O3S. The minimum Gasteiger partial charge on any atom is -0.481 e. The third kappa shape index (κ3) is 4.03. The number of aromatic nitrogens is 1. The lowest BCUT2D eigenvalue weighted by Crippen LogP contribution is -2.41. The number of carboxylic acid groups (broad SMARTS) is 1. The molecule has 1 N–H and O–H groups in total. The maximum atomic E-state index is 12.2. The molecule has 0 bridgehead atoms. The number of nitrogens with zero attached hydrogens (tertiary/aromatic N) is 2. The van der Waals surface area contributed by atoms with Crippen LogP contribution < -0.4 is 0 Å². The summed E-state index contributed by atoms with van der Waals surface area (Å²) in [5, 5.41) is 11.9. The number of thiazole rings is 1. The van der Waals surface area contributed by atoms with E-state index < -0.39 is 5.97 Å². The second-order valence-electron chi connectivity index (χ2n) is 6.56. The molecule has 0 aromatic carbocycles. The zero-order valence-corrected chi connectivity index (χ0v) is 13.6. The van der Waals surface area contributed by atoms with E-state index in [9.17, 15) is 9.59 Å². The molecule has 116 valence electrons. The largest absolute Gasteiger partial charge is 0.481 e. The number of aliphatic carboxylic acids is 1. The van der Waals surface area contributed by atoms with Crippen molar-refractivity contribution in [3.63, 3.8) is 0 Å². The lowest BCUT2D eigenvalue weighted by molar-refractivity contribution is -0.145. The van der Waals surface area contributed by atoms with Crippen LogP contribution in [0.2, 0.25) is 0 Å². The molecule has 0 radical (unpaired) electrons. The third-order valence-corrected chi connectivity index (χ3v) is 5.04. The molecule has 0 aliphatic carbocycles. The first-order chi connectivity index (χ1) is 9.77. The van der Waals surface area contributed by atoms with Crippen LogP contribution in [0.15, 0.2) is 5.38 Å². The molecule has 2 rings (SSSR count). The quantitative estimate of drug-likeness (QED) is 0.930. The molecule has 1 fully saturated rings. The second-order valence-corrected chi connectivity index (χ2v) is 7.42. The van der Waals surface area contributed by atoms with Gasteiger partial charge in [-0.1, -0.05) is 20.8 Å². The Morgan fingerprint density at radius 3 is 2.48 bits per heavy atom. The van der Waals surface area contributed by atoms with Gasteiger partial charge in [-0.3, -0.25) is 9.59 Å². The maximum Gasteiger partial charge on any atom is 0.306 e. The third-order valence-electron chi connectivity index (χ3n) is 3.72. The fraction of sp³-hybridized carbons (Fsp3) is 0.667. The number of carboxylic acids is 1. The smallest absolute Gasteiger partial charge is 0.306 e. The van der Waals surface area contributed by atoms with Crippen molar-refractivity contribution in [3.8, 4) is 0 Å². The van der Waals surface area contributed by atoms with Gasteiger partial charge in [0.1, 0.15) is 0 Å². The summed E-state index contributed by atoms with van der Waals surface area (Å²) in [7, 11) is 0. The van der Waals surface area contributed by atoms with Crippen LogP contribution in [0.4, 0.5) is 0 Å². The molecule has 0 unspecified atom stereocenters. The number of amides is 1. The van der Waals surface area contributed by atoms with Gasteiger partial charge >= 0.3 is 5.97 Å². The van der Waals surface area contributed by atoms with E-state index in [1.165, 1.54) is 0 Å². The van der Waals surface area contributed by atoms with E-state index in [1.807, 2.05) is 5.38 Å². The van der Waals surface area contributed by atoms with Gasteiger partial charge in [0, 0.05) is 23.9 Å². The van der Waals surface area contributed by atoms with E-state index in [-0.39, 0.29) is 17.2 Å². The van der Waals surface area contributed by atoms with Crippen molar-refractivity contribution in [2.75, 3.05) is 13.1 Å². The fourth-order valence-electron chi connectivity index (χ4n) is 2.38. The molecule has 1 aromatic heterocycles. The SMILES string of the molecule is CC(C)(C)c1nc(CC(=O)N2CCC(C(=O)O)CC2)cs1. The molecule has 0 saturated carbocycles. The van der Waals surface area contributed by atoms with Crippen LogP contribution in [-0.4, -0.2) is 40.0 Å². The van der Waals surface area contributed by atoms with E-state index in [1.54, 1.807) is 16.2 Å². The zero-order valence-electron chi connectivity index (χ0n) is 12.8. The second kappa shape index (κ2) is 6.13. The van der Waals surface area contributed by atoms with Crippen molar-refractivity contribution in [2.45, 2.75) is 45.4 Å². The Bertz CT molecular complexity index is 525. The lowest BCUT2D eigenvalue weighted by Gasteiger charge is -2.30. The Morgan fingerprint density at radius 2 is 2.00 bits per heavy atom. The van der Waals surface area contributed by atoms with Crippen LogP contribution in [0.25, 0.3) is 0 Å². The average Bonchev–Trinajstić information content (AvgIpc) is 2.87. The minimum atomic E-state index is -0.753. The Hall–Kier alpha value is -1.43. The number of carbonyl (C=O) groups is 2. The summed E-state index contributed by atoms with van der Waals surface area (Å²) in [6.07, 6.45) is 1.40. The van der Waals surface area contributed by atoms with Gasteiger partial charge in [0.25, 0.3) is 0 Å². The number of likely N-dealkylation sites (tertiary alicyclic amines) is 1. The predicted octanol–water partition coefficient (Wildman–Crippen LogP) is 2.31. The normalized spacial score (nSPS) is 17.0. The highest BCUT2D eigenvalue weighted by Gasteiger charge is 2.27. The molecule has 1 aliphatic heterocycles. The van der Waals surface area contributed by atoms with Gasteiger partial charge in [0.05, 0.1) is 23.0 Å². The maximum absolute atomic E-state index is 12.2. The van der Waals surface area contributed by atoms with Crippen molar-refractivity contribution in [1.29, 1.82) is 0 Å². The van der Waals surface area contributed by atoms with Gasteiger partial charge < -0.3 is 10.0 Å². The molecule has 1 amide bonds. The standard InChI is InChI=1S/C15H22N2O3S/c1-15(2,3)14-16-11(9-21-14)8-12(18)17-6-4-10(5-7-17)13(19)20/h9-10H,4-8H2,1-3H3,(H,19,20). The molecule has 0 atom stereocenters. The Labute approximate surface area is 129 Å². The van der Waals surface area contributed by atoms with Crippen molar-refractivity contribution >= 4 is 23.2 Å². The van der Waals surface area contributed by atoms with Gasteiger partial charge in [0.2, 0.25) is 5.91 Å². The molecule has 21 heavy (non-hydrogen) atoms. The summed E-state index contributed by atoms with van der Waals surface area (Å²) in [5.74, 6) is -1.01. The Balaban J connectivity index is 1.91. The van der Waals surface area contributed by atoms with Gasteiger partial charge in [-0.2, -0.15) is 0 Å². The highest BCUT2D eigenvalue weighted by molar-refractivity contribution is 7.09. The molecule has 0 spiro atoms. The number of carbonyl (C=O) groups excluding carboxylic acids is 1. The van der Waals surface area contributed by atoms with Crippen molar-refractivity contribution in [2.24, 2.45) is 5.92 Å². The van der Waals surface area contributed by atoms with Crippen LogP contribution in [0, 0.1) is 5.92 Å². The topological polar surface area (TPSA) is 70.5 Å². The van der Waals surface area contributed by atoms with E-state index in [0.717, 1.165) is 10.7 Å². The summed E-state index contributed by atoms with van der Waals surface area (Å²) in [6, 6.07) is 0. The van der Waals surface area contributed by atoms with Crippen molar-refractivity contribution < 1.29 is 14.7 Å².